The summed E-state index contributed by atoms with van der Waals surface area (Å²) in [6, 6.07) is 12.6. The molecule has 0 amide bonds. The Labute approximate surface area is 142 Å². The Hall–Kier alpha value is -2.24. The number of nitrogens with zero attached hydrogens (tertiary/aromatic N) is 2. The first-order valence-corrected chi connectivity index (χ1v) is 8.26. The molecule has 126 valence electrons. The normalized spacial score (nSPS) is 18.3. The molecule has 5 nitrogen and oxygen atoms in total. The van der Waals surface area contributed by atoms with Crippen LogP contribution in [0.1, 0.15) is 23.0 Å². The van der Waals surface area contributed by atoms with Crippen molar-refractivity contribution in [2.75, 3.05) is 26.7 Å². The Morgan fingerprint density at radius 3 is 2.83 bits per heavy atom. The van der Waals surface area contributed by atoms with E-state index in [-0.39, 0.29) is 0 Å². The summed E-state index contributed by atoms with van der Waals surface area (Å²) in [6.45, 7) is 6.34. The minimum Gasteiger partial charge on any atom is -0.464 e. The summed E-state index contributed by atoms with van der Waals surface area (Å²) in [5, 5.41) is 3.46. The Kier molecular flexibility index (Phi) is 5.23. The molecule has 1 aliphatic rings. The molecule has 0 saturated carbocycles. The number of benzene rings is 1. The van der Waals surface area contributed by atoms with Crippen LogP contribution in [0.25, 0.3) is 11.1 Å². The van der Waals surface area contributed by atoms with Gasteiger partial charge in [-0.1, -0.05) is 30.3 Å². The van der Waals surface area contributed by atoms with Crippen LogP contribution in [0.15, 0.2) is 42.6 Å². The number of ether oxygens (including phenoxy) is 1. The third-order valence-electron chi connectivity index (χ3n) is 4.31. The number of carbonyl (C=O) groups excluding carboxylic acids is 1. The molecule has 0 unspecified atom stereocenters. The van der Waals surface area contributed by atoms with Gasteiger partial charge < -0.3 is 10.1 Å². The lowest BCUT2D eigenvalue weighted by Crippen LogP contribution is -2.48. The lowest BCUT2D eigenvalue weighted by Gasteiger charge is -2.31. The van der Waals surface area contributed by atoms with E-state index in [4.69, 9.17) is 4.74 Å². The monoisotopic (exact) mass is 325 g/mol. The Morgan fingerprint density at radius 2 is 2.12 bits per heavy atom. The first-order chi connectivity index (χ1) is 11.7. The van der Waals surface area contributed by atoms with Crippen molar-refractivity contribution in [1.29, 1.82) is 0 Å². The molecule has 1 N–H and O–H groups in total. The predicted octanol–water partition coefficient (Wildman–Crippen LogP) is 2.33. The molecule has 0 radical (unpaired) electrons. The van der Waals surface area contributed by atoms with Crippen molar-refractivity contribution in [1.82, 2.24) is 15.2 Å². The van der Waals surface area contributed by atoms with Crippen LogP contribution in [0, 0.1) is 0 Å². The summed E-state index contributed by atoms with van der Waals surface area (Å²) < 4.78 is 4.82. The van der Waals surface area contributed by atoms with Gasteiger partial charge in [0.2, 0.25) is 0 Å². The molecule has 1 fully saturated rings. The molecule has 2 heterocycles. The number of esters is 1. The Bertz CT molecular complexity index is 700. The number of aromatic nitrogens is 1. The van der Waals surface area contributed by atoms with Gasteiger partial charge in [0.1, 0.15) is 0 Å². The van der Waals surface area contributed by atoms with Crippen LogP contribution < -0.4 is 5.32 Å². The number of hydrogen-bond acceptors (Lipinski definition) is 5. The van der Waals surface area contributed by atoms with Crippen LogP contribution in [0.4, 0.5) is 0 Å². The highest BCUT2D eigenvalue weighted by atomic mass is 16.5. The van der Waals surface area contributed by atoms with Gasteiger partial charge in [-0.2, -0.15) is 0 Å². The van der Waals surface area contributed by atoms with Crippen LogP contribution in [0.5, 0.6) is 0 Å². The number of methoxy groups -OCH3 is 1. The van der Waals surface area contributed by atoms with Crippen LogP contribution >= 0.6 is 0 Å². The van der Waals surface area contributed by atoms with Crippen molar-refractivity contribution in [2.45, 2.75) is 19.5 Å². The van der Waals surface area contributed by atoms with E-state index in [0.29, 0.717) is 11.7 Å². The second kappa shape index (κ2) is 7.55. The molecule has 3 rings (SSSR count). The molecule has 1 aliphatic heterocycles. The summed E-state index contributed by atoms with van der Waals surface area (Å²) in [5.74, 6) is -0.413. The first-order valence-electron chi connectivity index (χ1n) is 8.26. The van der Waals surface area contributed by atoms with E-state index in [1.54, 1.807) is 6.20 Å². The van der Waals surface area contributed by atoms with Gasteiger partial charge in [0.05, 0.1) is 7.11 Å². The molecule has 1 aromatic carbocycles. The van der Waals surface area contributed by atoms with Gasteiger partial charge in [0.15, 0.2) is 5.69 Å². The van der Waals surface area contributed by atoms with Crippen LogP contribution in [-0.4, -0.2) is 48.6 Å². The maximum atomic E-state index is 11.9. The summed E-state index contributed by atoms with van der Waals surface area (Å²) >= 11 is 0. The van der Waals surface area contributed by atoms with Gasteiger partial charge in [0.25, 0.3) is 0 Å². The van der Waals surface area contributed by atoms with Crippen LogP contribution in [-0.2, 0) is 11.3 Å². The van der Waals surface area contributed by atoms with Gasteiger partial charge in [-0.3, -0.25) is 4.90 Å². The molecule has 1 atom stereocenters. The minimum atomic E-state index is -0.413. The maximum Gasteiger partial charge on any atom is 0.357 e. The Balaban J connectivity index is 1.76. The zero-order valence-electron chi connectivity index (χ0n) is 14.2. The Morgan fingerprint density at radius 1 is 1.33 bits per heavy atom. The lowest BCUT2D eigenvalue weighted by molar-refractivity contribution is 0.0595. The average molecular weight is 325 g/mol. The highest BCUT2D eigenvalue weighted by Crippen LogP contribution is 2.23. The summed E-state index contributed by atoms with van der Waals surface area (Å²) in [5.41, 5.74) is 3.40. The van der Waals surface area contributed by atoms with Gasteiger partial charge in [-0.15, -0.1) is 0 Å². The molecular weight excluding hydrogens is 302 g/mol. The molecule has 5 heteroatoms. The summed E-state index contributed by atoms with van der Waals surface area (Å²) in [7, 11) is 1.37. The number of nitrogens with one attached hydrogen (secondary N) is 1. The van der Waals surface area contributed by atoms with E-state index in [1.807, 2.05) is 24.3 Å². The molecule has 24 heavy (non-hydrogen) atoms. The molecule has 2 aromatic rings. The number of pyridine rings is 1. The smallest absolute Gasteiger partial charge is 0.357 e. The third-order valence-corrected chi connectivity index (χ3v) is 4.31. The van der Waals surface area contributed by atoms with Gasteiger partial charge >= 0.3 is 5.97 Å². The van der Waals surface area contributed by atoms with E-state index in [2.05, 4.69) is 34.3 Å². The van der Waals surface area contributed by atoms with Crippen molar-refractivity contribution < 1.29 is 9.53 Å². The van der Waals surface area contributed by atoms with E-state index in [1.165, 1.54) is 12.7 Å². The van der Waals surface area contributed by atoms with Crippen molar-refractivity contribution in [3.8, 4) is 11.1 Å². The minimum absolute atomic E-state index is 0.351. The fourth-order valence-corrected chi connectivity index (χ4v) is 3.10. The number of carbonyl (C=O) groups is 1. The average Bonchev–Trinajstić information content (AvgIpc) is 2.62. The quantitative estimate of drug-likeness (QED) is 0.875. The van der Waals surface area contributed by atoms with Crippen LogP contribution in [0.3, 0.4) is 0 Å². The van der Waals surface area contributed by atoms with Gasteiger partial charge in [-0.05, 0) is 24.1 Å². The van der Waals surface area contributed by atoms with E-state index in [0.717, 1.165) is 37.3 Å². The van der Waals surface area contributed by atoms with Gasteiger partial charge in [0, 0.05) is 44.0 Å². The molecule has 0 bridgehead atoms. The van der Waals surface area contributed by atoms with E-state index < -0.39 is 5.97 Å². The highest BCUT2D eigenvalue weighted by molar-refractivity contribution is 5.95. The van der Waals surface area contributed by atoms with Crippen molar-refractivity contribution in [2.24, 2.45) is 0 Å². The predicted molar refractivity (Wildman–Crippen MR) is 93.8 cm³/mol. The molecule has 1 aromatic heterocycles. The van der Waals surface area contributed by atoms with E-state index in [9.17, 15) is 4.79 Å². The SMILES string of the molecule is COC(=O)c1ncccc1-c1ccc(CN2CCN[C@@H](C)C2)cc1. The zero-order valence-corrected chi connectivity index (χ0v) is 14.2. The largest absolute Gasteiger partial charge is 0.464 e. The second-order valence-electron chi connectivity index (χ2n) is 6.18. The zero-order chi connectivity index (χ0) is 16.9. The fourth-order valence-electron chi connectivity index (χ4n) is 3.10. The molecule has 1 saturated heterocycles. The standard InChI is InChI=1S/C19H23N3O2/c1-14-12-22(11-10-20-14)13-15-5-7-16(8-6-15)17-4-3-9-21-18(17)19(23)24-2/h3-9,14,20H,10-13H2,1-2H3/t14-/m0/s1. The fraction of sp³-hybridized carbons (Fsp3) is 0.368. The molecule has 0 spiro atoms. The van der Waals surface area contributed by atoms with Crippen molar-refractivity contribution >= 4 is 5.97 Å². The number of piperazine rings is 1. The second-order valence-corrected chi connectivity index (χ2v) is 6.18. The first kappa shape index (κ1) is 16.6. The topological polar surface area (TPSA) is 54.5 Å². The summed E-state index contributed by atoms with van der Waals surface area (Å²) in [6.07, 6.45) is 1.61. The van der Waals surface area contributed by atoms with Crippen molar-refractivity contribution in [3.05, 3.63) is 53.9 Å². The lowest BCUT2D eigenvalue weighted by atomic mass is 10.0. The van der Waals surface area contributed by atoms with Crippen LogP contribution in [0.2, 0.25) is 0 Å². The van der Waals surface area contributed by atoms with Crippen molar-refractivity contribution in [3.63, 3.8) is 0 Å². The number of rotatable bonds is 4. The maximum absolute atomic E-state index is 11.9. The number of hydrogen-bond donors (Lipinski definition) is 1. The molecular formula is C19H23N3O2. The van der Waals surface area contributed by atoms with E-state index >= 15 is 0 Å². The summed E-state index contributed by atoms with van der Waals surface area (Å²) in [4.78, 5) is 18.5. The third kappa shape index (κ3) is 3.80. The highest BCUT2D eigenvalue weighted by Gasteiger charge is 2.16. The molecule has 0 aliphatic carbocycles. The van der Waals surface area contributed by atoms with Gasteiger partial charge in [-0.25, -0.2) is 9.78 Å².